The van der Waals surface area contributed by atoms with Crippen molar-refractivity contribution in [2.24, 2.45) is 0 Å². The van der Waals surface area contributed by atoms with Crippen LogP contribution < -0.4 is 24.0 Å². The molecule has 4 nitrogen and oxygen atoms in total. The van der Waals surface area contributed by atoms with Crippen LogP contribution in [0.5, 0.6) is 0 Å². The Labute approximate surface area is 98.7 Å². The zero-order valence-electron chi connectivity index (χ0n) is 3.20. The van der Waals surface area contributed by atoms with Gasteiger partial charge in [-0.3, -0.25) is 8.42 Å². The van der Waals surface area contributed by atoms with Crippen LogP contribution in [0.1, 0.15) is 0 Å². The Bertz CT molecular complexity index is 94.9. The van der Waals surface area contributed by atoms with Gasteiger partial charge in [0, 0.05) is 10.4 Å². The Hall–Kier alpha value is 2.17. The molecule has 0 aliphatic rings. The van der Waals surface area contributed by atoms with E-state index in [1.165, 1.54) is 0 Å². The summed E-state index contributed by atoms with van der Waals surface area (Å²) in [7, 11) is -5.17. The zero-order chi connectivity index (χ0) is 4.50. The van der Waals surface area contributed by atoms with Gasteiger partial charge in [-0.25, -0.2) is 0 Å². The summed E-state index contributed by atoms with van der Waals surface area (Å²) >= 11 is 0. The quantitative estimate of drug-likeness (QED) is 0.187. The van der Waals surface area contributed by atoms with E-state index < -0.39 is 10.4 Å². The van der Waals surface area contributed by atoms with Crippen molar-refractivity contribution in [3.8, 4) is 0 Å². The largest absolute Gasteiger partial charge is 2.00 e. The first-order chi connectivity index (χ1) is 2.00. The topological polar surface area (TPSA) is 80.3 Å². The molecule has 0 amide bonds. The van der Waals surface area contributed by atoms with Crippen LogP contribution in [-0.2, 0) is 10.4 Å². The van der Waals surface area contributed by atoms with E-state index in [0.717, 1.165) is 0 Å². The molecule has 0 spiro atoms. The fraction of sp³-hybridized carbons (Fsp3) is 0. The second-order valence-corrected chi connectivity index (χ2v) is 1.22. The van der Waals surface area contributed by atoms with Crippen molar-refractivity contribution in [2.75, 3.05) is 0 Å². The van der Waals surface area contributed by atoms with Gasteiger partial charge in [0.2, 0.25) is 24.0 Å². The molecule has 0 N–H and O–H groups in total. The normalized spacial score (nSPS) is 8.29. The van der Waals surface area contributed by atoms with E-state index in [1.807, 2.05) is 0 Å². The van der Waals surface area contributed by atoms with Crippen molar-refractivity contribution in [1.82, 2.24) is 0 Å². The first-order valence-corrected chi connectivity index (χ1v) is 2.00. The van der Waals surface area contributed by atoms with Gasteiger partial charge in [-0.2, -0.15) is 0 Å². The fourth-order valence-corrected chi connectivity index (χ4v) is 0. The Kier molecular flexibility index (Phi) is 14.5. The maximum atomic E-state index is 8.52. The molecular formula is H2BaIO4S+. The van der Waals surface area contributed by atoms with Gasteiger partial charge >= 0.3 is 48.9 Å². The molecular weight excluding hydrogens is 360 g/mol. The van der Waals surface area contributed by atoms with E-state index >= 15 is 0 Å². The smallest absolute Gasteiger partial charge is 0.759 e. The molecule has 0 aromatic carbocycles. The number of halogens is 1. The average molecular weight is 362 g/mol. The zero-order valence-corrected chi connectivity index (χ0v) is 11.0. The van der Waals surface area contributed by atoms with Crippen LogP contribution in [0.2, 0.25) is 0 Å². The summed E-state index contributed by atoms with van der Waals surface area (Å²) in [6, 6.07) is 0. The van der Waals surface area contributed by atoms with Crippen LogP contribution in [0.4, 0.5) is 0 Å². The second-order valence-electron chi connectivity index (χ2n) is 0.408. The van der Waals surface area contributed by atoms with E-state index in [-0.39, 0.29) is 72.9 Å². The van der Waals surface area contributed by atoms with Crippen molar-refractivity contribution in [3.63, 3.8) is 0 Å². The van der Waals surface area contributed by atoms with Crippen LogP contribution in [0.3, 0.4) is 0 Å². The number of hydrogen-bond acceptors (Lipinski definition) is 4. The van der Waals surface area contributed by atoms with E-state index in [2.05, 4.69) is 0 Å². The molecule has 0 fully saturated rings. The first-order valence-electron chi connectivity index (χ1n) is 0.667. The van der Waals surface area contributed by atoms with Crippen molar-refractivity contribution in [2.45, 2.75) is 0 Å². The molecule has 0 rings (SSSR count). The molecule has 0 atom stereocenters. The molecule has 0 unspecified atom stereocenters. The summed E-state index contributed by atoms with van der Waals surface area (Å²) in [6.45, 7) is 0. The third-order valence-electron chi connectivity index (χ3n) is 0. The van der Waals surface area contributed by atoms with E-state index in [1.54, 1.807) is 0 Å². The van der Waals surface area contributed by atoms with Crippen molar-refractivity contribution in [1.29, 1.82) is 0 Å². The van der Waals surface area contributed by atoms with Gasteiger partial charge in [0.25, 0.3) is 0 Å². The molecule has 7 heteroatoms. The molecule has 0 aliphatic carbocycles. The van der Waals surface area contributed by atoms with Gasteiger partial charge in [0.15, 0.2) is 0 Å². The van der Waals surface area contributed by atoms with Crippen molar-refractivity contribution in [3.05, 3.63) is 0 Å². The summed E-state index contributed by atoms with van der Waals surface area (Å²) in [4.78, 5) is 0. The van der Waals surface area contributed by atoms with Gasteiger partial charge in [-0.1, -0.05) is 0 Å². The molecule has 0 heterocycles. The fourth-order valence-electron chi connectivity index (χ4n) is 0. The SMILES string of the molecule is O=S(=O)([O-])[O-].[Ba+2].[IH2+]. The van der Waals surface area contributed by atoms with Crippen LogP contribution in [-0.4, -0.2) is 66.4 Å². The van der Waals surface area contributed by atoms with Gasteiger partial charge in [0.05, 0.1) is 0 Å². The van der Waals surface area contributed by atoms with Crippen LogP contribution in [0.25, 0.3) is 0 Å². The minimum atomic E-state index is -5.17. The Morgan fingerprint density at radius 1 is 1.14 bits per heavy atom. The van der Waals surface area contributed by atoms with Crippen LogP contribution >= 0.6 is 0 Å². The van der Waals surface area contributed by atoms with Gasteiger partial charge in [-0.05, 0) is 0 Å². The summed E-state index contributed by atoms with van der Waals surface area (Å²) in [6.07, 6.45) is 0. The average Bonchev–Trinajstić information content (AvgIpc) is 0.722. The Morgan fingerprint density at radius 3 is 1.14 bits per heavy atom. The van der Waals surface area contributed by atoms with Gasteiger partial charge in [-0.15, -0.1) is 0 Å². The predicted molar refractivity (Wildman–Crippen MR) is 19.0 cm³/mol. The molecule has 40 valence electrons. The van der Waals surface area contributed by atoms with E-state index in [4.69, 9.17) is 17.5 Å². The maximum Gasteiger partial charge on any atom is 2.00 e. The minimum absolute atomic E-state index is 0. The van der Waals surface area contributed by atoms with E-state index in [0.29, 0.717) is 0 Å². The summed E-state index contributed by atoms with van der Waals surface area (Å²) in [5.41, 5.74) is 0. The molecule has 0 saturated carbocycles. The Balaban J connectivity index is -0.0000000800. The molecule has 0 saturated heterocycles. The molecule has 0 aromatic rings. The van der Waals surface area contributed by atoms with Crippen molar-refractivity contribution < 1.29 is 41.5 Å². The Morgan fingerprint density at radius 2 is 1.14 bits per heavy atom. The summed E-state index contributed by atoms with van der Waals surface area (Å²) in [5.74, 6) is 0. The predicted octanol–water partition coefficient (Wildman–Crippen LogP) is -5.25. The van der Waals surface area contributed by atoms with E-state index in [9.17, 15) is 0 Å². The maximum absolute atomic E-state index is 8.52. The minimum Gasteiger partial charge on any atom is -0.759 e. The van der Waals surface area contributed by atoms with Crippen LogP contribution in [0.15, 0.2) is 0 Å². The molecule has 0 bridgehead atoms. The molecule has 7 heavy (non-hydrogen) atoms. The second kappa shape index (κ2) is 6.29. The number of rotatable bonds is 0. The third-order valence-corrected chi connectivity index (χ3v) is 0. The third kappa shape index (κ3) is 66.0. The van der Waals surface area contributed by atoms with Crippen molar-refractivity contribution >= 4 is 59.3 Å². The van der Waals surface area contributed by atoms with Crippen LogP contribution in [0, 0.1) is 0 Å². The van der Waals surface area contributed by atoms with Gasteiger partial charge < -0.3 is 9.11 Å². The molecule has 0 radical (unpaired) electrons. The molecule has 0 aromatic heterocycles. The monoisotopic (exact) mass is 363 g/mol. The standard InChI is InChI=1S/Ba.H2I.H2O4S/c;;1-5(2,3)4/h;1H2;(H2,1,2,3,4)/q+2;+1;/p-2. The molecule has 0 aliphatic heterocycles. The van der Waals surface area contributed by atoms with Gasteiger partial charge in [0.1, 0.15) is 0 Å². The summed E-state index contributed by atoms with van der Waals surface area (Å²) < 4.78 is 34.1. The first kappa shape index (κ1) is 16.1. The summed E-state index contributed by atoms with van der Waals surface area (Å²) in [5, 5.41) is 0. The number of hydrogen-bond donors (Lipinski definition) is 0.